The molecule has 0 bridgehead atoms. The molecule has 0 aromatic heterocycles. The molecule has 0 unspecified atom stereocenters. The first-order valence-electron chi connectivity index (χ1n) is 7.57. The SMILES string of the molecule is COC(C)(C)CC(=O)N(CC1CCNCC1)C1CC1. The van der Waals surface area contributed by atoms with Gasteiger partial charge in [-0.3, -0.25) is 4.79 Å². The van der Waals surface area contributed by atoms with Gasteiger partial charge in [0.25, 0.3) is 0 Å². The van der Waals surface area contributed by atoms with Crippen molar-refractivity contribution in [2.45, 2.75) is 57.6 Å². The zero-order chi connectivity index (χ0) is 13.9. The Labute approximate surface area is 116 Å². The van der Waals surface area contributed by atoms with Crippen LogP contribution in [-0.4, -0.2) is 49.2 Å². The second-order valence-electron chi connectivity index (χ2n) is 6.61. The van der Waals surface area contributed by atoms with Gasteiger partial charge in [-0.1, -0.05) is 0 Å². The molecule has 19 heavy (non-hydrogen) atoms. The second-order valence-corrected chi connectivity index (χ2v) is 6.61. The zero-order valence-electron chi connectivity index (χ0n) is 12.6. The van der Waals surface area contributed by atoms with Crippen molar-refractivity contribution in [2.24, 2.45) is 5.92 Å². The number of ether oxygens (including phenoxy) is 1. The van der Waals surface area contributed by atoms with Crippen LogP contribution in [0.1, 0.15) is 46.0 Å². The Hall–Kier alpha value is -0.610. The van der Waals surface area contributed by atoms with Crippen LogP contribution in [0, 0.1) is 5.92 Å². The molecule has 0 atom stereocenters. The molecule has 0 aromatic rings. The van der Waals surface area contributed by atoms with Crippen LogP contribution in [0.15, 0.2) is 0 Å². The molecule has 4 nitrogen and oxygen atoms in total. The Morgan fingerprint density at radius 2 is 1.89 bits per heavy atom. The van der Waals surface area contributed by atoms with E-state index < -0.39 is 0 Å². The molecule has 2 aliphatic rings. The summed E-state index contributed by atoms with van der Waals surface area (Å²) in [6, 6.07) is 0.509. The Morgan fingerprint density at radius 1 is 1.26 bits per heavy atom. The third-order valence-corrected chi connectivity index (χ3v) is 4.35. The number of rotatable bonds is 6. The summed E-state index contributed by atoms with van der Waals surface area (Å²) in [5.74, 6) is 0.948. The quantitative estimate of drug-likeness (QED) is 0.798. The highest BCUT2D eigenvalue weighted by atomic mass is 16.5. The van der Waals surface area contributed by atoms with Gasteiger partial charge < -0.3 is 15.0 Å². The van der Waals surface area contributed by atoms with Crippen molar-refractivity contribution < 1.29 is 9.53 Å². The fourth-order valence-corrected chi connectivity index (χ4v) is 2.72. The van der Waals surface area contributed by atoms with Crippen molar-refractivity contribution in [3.63, 3.8) is 0 Å². The normalized spacial score (nSPS) is 21.4. The first-order valence-corrected chi connectivity index (χ1v) is 7.57. The number of carbonyl (C=O) groups excluding carboxylic acids is 1. The molecule has 1 aliphatic heterocycles. The Bertz CT molecular complexity index is 307. The van der Waals surface area contributed by atoms with Crippen molar-refractivity contribution in [1.29, 1.82) is 0 Å². The van der Waals surface area contributed by atoms with Crippen molar-refractivity contribution in [1.82, 2.24) is 10.2 Å². The minimum atomic E-state index is -0.349. The van der Waals surface area contributed by atoms with E-state index in [-0.39, 0.29) is 11.5 Å². The van der Waals surface area contributed by atoms with Gasteiger partial charge in [-0.05, 0) is 58.5 Å². The summed E-state index contributed by atoms with van der Waals surface area (Å²) in [5.41, 5.74) is -0.349. The van der Waals surface area contributed by atoms with Gasteiger partial charge in [-0.25, -0.2) is 0 Å². The van der Waals surface area contributed by atoms with E-state index in [1.807, 2.05) is 13.8 Å². The number of hydrogen-bond donors (Lipinski definition) is 1. The van der Waals surface area contributed by atoms with Crippen molar-refractivity contribution in [3.05, 3.63) is 0 Å². The van der Waals surface area contributed by atoms with Crippen LogP contribution in [0.4, 0.5) is 0 Å². The predicted molar refractivity (Wildman–Crippen MR) is 76.0 cm³/mol. The molecule has 1 amide bonds. The van der Waals surface area contributed by atoms with Crippen molar-refractivity contribution in [2.75, 3.05) is 26.7 Å². The van der Waals surface area contributed by atoms with Gasteiger partial charge in [0.1, 0.15) is 0 Å². The summed E-state index contributed by atoms with van der Waals surface area (Å²) in [6.45, 7) is 7.12. The highest BCUT2D eigenvalue weighted by Gasteiger charge is 2.36. The molecular weight excluding hydrogens is 240 g/mol. The first kappa shape index (κ1) is 14.8. The van der Waals surface area contributed by atoms with Gasteiger partial charge >= 0.3 is 0 Å². The van der Waals surface area contributed by atoms with Gasteiger partial charge in [0.15, 0.2) is 0 Å². The topological polar surface area (TPSA) is 41.6 Å². The summed E-state index contributed by atoms with van der Waals surface area (Å²) in [4.78, 5) is 14.6. The minimum Gasteiger partial charge on any atom is -0.378 e. The molecule has 110 valence electrons. The number of carbonyl (C=O) groups is 1. The van der Waals surface area contributed by atoms with Crippen LogP contribution in [0.2, 0.25) is 0 Å². The van der Waals surface area contributed by atoms with E-state index in [9.17, 15) is 4.79 Å². The summed E-state index contributed by atoms with van der Waals surface area (Å²) >= 11 is 0. The van der Waals surface area contributed by atoms with Crippen LogP contribution >= 0.6 is 0 Å². The number of amides is 1. The predicted octanol–water partition coefficient (Wildman–Crippen LogP) is 1.79. The second kappa shape index (κ2) is 6.23. The highest BCUT2D eigenvalue weighted by molar-refractivity contribution is 5.78. The summed E-state index contributed by atoms with van der Waals surface area (Å²) in [7, 11) is 1.68. The Balaban J connectivity index is 1.89. The average Bonchev–Trinajstić information content (AvgIpc) is 3.21. The van der Waals surface area contributed by atoms with Crippen molar-refractivity contribution >= 4 is 5.91 Å². The molecule has 0 spiro atoms. The molecule has 1 saturated carbocycles. The minimum absolute atomic E-state index is 0.271. The maximum absolute atomic E-state index is 12.5. The standard InChI is InChI=1S/C15H28N2O2/c1-15(2,19-3)10-14(18)17(13-4-5-13)11-12-6-8-16-9-7-12/h12-13,16H,4-11H2,1-3H3. The van der Waals surface area contributed by atoms with Gasteiger partial charge in [0.2, 0.25) is 5.91 Å². The van der Waals surface area contributed by atoms with Crippen LogP contribution in [0.5, 0.6) is 0 Å². The van der Waals surface area contributed by atoms with Gasteiger partial charge in [0, 0.05) is 19.7 Å². The molecule has 0 radical (unpaired) electrons. The maximum Gasteiger partial charge on any atom is 0.225 e. The molecule has 2 rings (SSSR count). The third kappa shape index (κ3) is 4.46. The first-order chi connectivity index (χ1) is 9.02. The van der Waals surface area contributed by atoms with Crippen LogP contribution in [-0.2, 0) is 9.53 Å². The molecule has 4 heteroatoms. The number of piperidine rings is 1. The summed E-state index contributed by atoms with van der Waals surface area (Å²) in [5, 5.41) is 3.39. The fraction of sp³-hybridized carbons (Fsp3) is 0.933. The number of nitrogens with zero attached hydrogens (tertiary/aromatic N) is 1. The van der Waals surface area contributed by atoms with Crippen molar-refractivity contribution in [3.8, 4) is 0 Å². The Kier molecular flexibility index (Phi) is 4.85. The van der Waals surface area contributed by atoms with Gasteiger partial charge in [-0.2, -0.15) is 0 Å². The smallest absolute Gasteiger partial charge is 0.225 e. The molecule has 1 N–H and O–H groups in total. The van der Waals surface area contributed by atoms with E-state index in [1.54, 1.807) is 7.11 Å². The summed E-state index contributed by atoms with van der Waals surface area (Å²) in [6.07, 6.45) is 5.26. The Morgan fingerprint density at radius 3 is 2.42 bits per heavy atom. The van der Waals surface area contributed by atoms with Crippen LogP contribution < -0.4 is 5.32 Å². The molecule has 1 aliphatic carbocycles. The van der Waals surface area contributed by atoms with Crippen LogP contribution in [0.3, 0.4) is 0 Å². The van der Waals surface area contributed by atoms with E-state index in [4.69, 9.17) is 4.74 Å². The van der Waals surface area contributed by atoms with E-state index in [0.717, 1.165) is 19.6 Å². The van der Waals surface area contributed by atoms with E-state index >= 15 is 0 Å². The number of hydrogen-bond acceptors (Lipinski definition) is 3. The van der Waals surface area contributed by atoms with Gasteiger partial charge in [0.05, 0.1) is 12.0 Å². The lowest BCUT2D eigenvalue weighted by Gasteiger charge is -2.32. The summed E-state index contributed by atoms with van der Waals surface area (Å²) < 4.78 is 5.39. The third-order valence-electron chi connectivity index (χ3n) is 4.35. The lowest BCUT2D eigenvalue weighted by atomic mass is 9.96. The van der Waals surface area contributed by atoms with Crippen LogP contribution in [0.25, 0.3) is 0 Å². The lowest BCUT2D eigenvalue weighted by Crippen LogP contribution is -2.43. The monoisotopic (exact) mass is 268 g/mol. The molecule has 1 saturated heterocycles. The highest BCUT2D eigenvalue weighted by Crippen LogP contribution is 2.30. The molecule has 1 heterocycles. The van der Waals surface area contributed by atoms with E-state index in [1.165, 1.54) is 25.7 Å². The van der Waals surface area contributed by atoms with Gasteiger partial charge in [-0.15, -0.1) is 0 Å². The van der Waals surface area contributed by atoms with E-state index in [2.05, 4.69) is 10.2 Å². The van der Waals surface area contributed by atoms with E-state index in [0.29, 0.717) is 18.4 Å². The maximum atomic E-state index is 12.5. The molecule has 2 fully saturated rings. The zero-order valence-corrected chi connectivity index (χ0v) is 12.6. The lowest BCUT2D eigenvalue weighted by molar-refractivity contribution is -0.137. The molecule has 0 aromatic carbocycles. The fourth-order valence-electron chi connectivity index (χ4n) is 2.72. The molecular formula is C15H28N2O2. The average molecular weight is 268 g/mol. The number of methoxy groups -OCH3 is 1. The largest absolute Gasteiger partial charge is 0.378 e. The number of nitrogens with one attached hydrogen (secondary N) is 1.